The summed E-state index contributed by atoms with van der Waals surface area (Å²) >= 11 is 0. The summed E-state index contributed by atoms with van der Waals surface area (Å²) in [5, 5.41) is 0. The lowest BCUT2D eigenvalue weighted by Crippen LogP contribution is -2.42. The maximum atomic E-state index is 13.0. The number of hydrogen-bond donors (Lipinski definition) is 1. The molecular weight excluding hydrogens is 245 g/mol. The first-order valence-electron chi connectivity index (χ1n) is 5.50. The van der Waals surface area contributed by atoms with Gasteiger partial charge in [-0.15, -0.1) is 0 Å². The first-order valence-corrected chi connectivity index (χ1v) is 5.50. The summed E-state index contributed by atoms with van der Waals surface area (Å²) in [6.45, 7) is 1.07. The third-order valence-corrected chi connectivity index (χ3v) is 3.22. The van der Waals surface area contributed by atoms with Crippen molar-refractivity contribution in [3.8, 4) is 0 Å². The van der Waals surface area contributed by atoms with Gasteiger partial charge in [-0.3, -0.25) is 4.79 Å². The number of hydrogen-bond acceptors (Lipinski definition) is 2. The van der Waals surface area contributed by atoms with Crippen LogP contribution in [0.3, 0.4) is 0 Å². The fraction of sp³-hybridized carbons (Fsp3) is 0.417. The van der Waals surface area contributed by atoms with Gasteiger partial charge in [-0.1, -0.05) is 12.1 Å². The maximum Gasteiger partial charge on any atom is 0.397 e. The molecule has 1 aliphatic heterocycles. The predicted molar refractivity (Wildman–Crippen MR) is 60.7 cm³/mol. The number of alkyl halides is 3. The van der Waals surface area contributed by atoms with E-state index < -0.39 is 12.1 Å². The predicted octanol–water partition coefficient (Wildman–Crippen LogP) is 2.28. The number of carbonyl (C=O) groups is 1. The fourth-order valence-electron chi connectivity index (χ4n) is 2.23. The second kappa shape index (κ2) is 4.19. The minimum absolute atomic E-state index is 0.143. The molecule has 0 aliphatic carbocycles. The van der Waals surface area contributed by atoms with E-state index in [4.69, 9.17) is 5.73 Å². The molecule has 0 saturated heterocycles. The van der Waals surface area contributed by atoms with Gasteiger partial charge in [-0.05, 0) is 17.2 Å². The Morgan fingerprint density at radius 3 is 2.67 bits per heavy atom. The third-order valence-electron chi connectivity index (χ3n) is 3.22. The first-order chi connectivity index (χ1) is 8.30. The highest BCUT2D eigenvalue weighted by Crippen LogP contribution is 2.41. The molecule has 1 atom stereocenters. The van der Waals surface area contributed by atoms with Gasteiger partial charge in [0.05, 0.1) is 5.92 Å². The Morgan fingerprint density at radius 2 is 2.11 bits per heavy atom. The summed E-state index contributed by atoms with van der Waals surface area (Å²) in [4.78, 5) is 12.5. The zero-order valence-corrected chi connectivity index (χ0v) is 9.79. The van der Waals surface area contributed by atoms with Crippen molar-refractivity contribution in [3.05, 3.63) is 29.3 Å². The molecule has 2 rings (SSSR count). The molecule has 1 amide bonds. The summed E-state index contributed by atoms with van der Waals surface area (Å²) in [7, 11) is 0. The zero-order valence-electron chi connectivity index (χ0n) is 9.79. The van der Waals surface area contributed by atoms with Crippen molar-refractivity contribution in [1.82, 2.24) is 4.90 Å². The van der Waals surface area contributed by atoms with Crippen LogP contribution in [0.1, 0.15) is 24.0 Å². The van der Waals surface area contributed by atoms with Crippen molar-refractivity contribution in [1.29, 1.82) is 0 Å². The Hall–Kier alpha value is -1.72. The van der Waals surface area contributed by atoms with Crippen LogP contribution in [0.25, 0.3) is 0 Å². The number of nitrogen functional groups attached to an aromatic ring is 1. The van der Waals surface area contributed by atoms with E-state index in [1.54, 1.807) is 6.07 Å². The van der Waals surface area contributed by atoms with Crippen LogP contribution in [-0.2, 0) is 11.3 Å². The van der Waals surface area contributed by atoms with Crippen LogP contribution in [-0.4, -0.2) is 23.5 Å². The summed E-state index contributed by atoms with van der Waals surface area (Å²) in [5.74, 6) is -2.04. The Kier molecular flexibility index (Phi) is 2.96. The summed E-state index contributed by atoms with van der Waals surface area (Å²) in [6.07, 6.45) is -4.38. The molecule has 0 fully saturated rings. The maximum absolute atomic E-state index is 13.0. The van der Waals surface area contributed by atoms with Crippen molar-refractivity contribution in [2.45, 2.75) is 25.6 Å². The smallest absolute Gasteiger partial charge is 0.397 e. The number of halogens is 3. The standard InChI is InChI=1S/C12H13F3N2O/c1-7(18)17-5-9-8(3-2-4-11(9)16)10(6-17)12(13,14)15/h2-4,10H,5-6,16H2,1H3. The molecule has 1 unspecified atom stereocenters. The molecule has 0 bridgehead atoms. The molecule has 0 aromatic heterocycles. The Bertz CT molecular complexity index is 485. The van der Waals surface area contributed by atoms with Crippen molar-refractivity contribution in [3.63, 3.8) is 0 Å². The van der Waals surface area contributed by atoms with Gasteiger partial charge in [0.15, 0.2) is 0 Å². The van der Waals surface area contributed by atoms with Gasteiger partial charge in [-0.25, -0.2) is 0 Å². The monoisotopic (exact) mass is 258 g/mol. The number of benzene rings is 1. The number of carbonyl (C=O) groups excluding carboxylic acids is 1. The van der Waals surface area contributed by atoms with E-state index in [9.17, 15) is 18.0 Å². The van der Waals surface area contributed by atoms with Gasteiger partial charge in [0.25, 0.3) is 0 Å². The molecule has 3 nitrogen and oxygen atoms in total. The van der Waals surface area contributed by atoms with Crippen LogP contribution in [0.5, 0.6) is 0 Å². The molecular formula is C12H13F3N2O. The normalized spacial score (nSPS) is 19.6. The molecule has 1 aromatic rings. The second-order valence-corrected chi connectivity index (χ2v) is 4.41. The molecule has 1 heterocycles. The molecule has 1 aliphatic rings. The lowest BCUT2D eigenvalue weighted by atomic mass is 9.88. The number of fused-ring (bicyclic) bond motifs is 1. The van der Waals surface area contributed by atoms with Crippen LogP contribution in [0.4, 0.5) is 18.9 Å². The molecule has 18 heavy (non-hydrogen) atoms. The Labute approximate surface area is 102 Å². The summed E-state index contributed by atoms with van der Waals surface area (Å²) in [5.41, 5.74) is 6.59. The second-order valence-electron chi connectivity index (χ2n) is 4.41. The highest BCUT2D eigenvalue weighted by atomic mass is 19.4. The van der Waals surface area contributed by atoms with Crippen LogP contribution >= 0.6 is 0 Å². The van der Waals surface area contributed by atoms with Gasteiger partial charge in [0.2, 0.25) is 5.91 Å². The number of nitrogens with zero attached hydrogens (tertiary/aromatic N) is 1. The topological polar surface area (TPSA) is 46.3 Å². The quantitative estimate of drug-likeness (QED) is 0.726. The van der Waals surface area contributed by atoms with E-state index in [0.29, 0.717) is 11.3 Å². The number of amides is 1. The van der Waals surface area contributed by atoms with E-state index in [2.05, 4.69) is 0 Å². The minimum Gasteiger partial charge on any atom is -0.398 e. The van der Waals surface area contributed by atoms with E-state index in [-0.39, 0.29) is 24.6 Å². The molecule has 98 valence electrons. The highest BCUT2D eigenvalue weighted by Gasteiger charge is 2.45. The SMILES string of the molecule is CC(=O)N1Cc2c(N)cccc2C(C(F)(F)F)C1. The average Bonchev–Trinajstić information content (AvgIpc) is 2.27. The summed E-state index contributed by atoms with van der Waals surface area (Å²) in [6, 6.07) is 4.49. The van der Waals surface area contributed by atoms with Crippen LogP contribution < -0.4 is 5.73 Å². The van der Waals surface area contributed by atoms with Crippen molar-refractivity contribution in [2.75, 3.05) is 12.3 Å². The lowest BCUT2D eigenvalue weighted by Gasteiger charge is -2.35. The largest absolute Gasteiger partial charge is 0.398 e. The van der Waals surface area contributed by atoms with Gasteiger partial charge in [-0.2, -0.15) is 13.2 Å². The van der Waals surface area contributed by atoms with Gasteiger partial charge in [0.1, 0.15) is 0 Å². The van der Waals surface area contributed by atoms with Crippen LogP contribution in [0.15, 0.2) is 18.2 Å². The molecule has 0 saturated carbocycles. The Morgan fingerprint density at radius 1 is 1.44 bits per heavy atom. The van der Waals surface area contributed by atoms with E-state index in [1.807, 2.05) is 0 Å². The number of anilines is 1. The molecule has 0 radical (unpaired) electrons. The molecule has 0 spiro atoms. The zero-order chi connectivity index (χ0) is 13.5. The number of nitrogens with two attached hydrogens (primary N) is 1. The Balaban J connectivity index is 2.51. The van der Waals surface area contributed by atoms with E-state index in [0.717, 1.165) is 0 Å². The minimum atomic E-state index is -4.38. The average molecular weight is 258 g/mol. The molecule has 2 N–H and O–H groups in total. The van der Waals surface area contributed by atoms with Crippen molar-refractivity contribution >= 4 is 11.6 Å². The summed E-state index contributed by atoms with van der Waals surface area (Å²) < 4.78 is 39.0. The first kappa shape index (κ1) is 12.7. The van der Waals surface area contributed by atoms with Crippen LogP contribution in [0, 0.1) is 0 Å². The van der Waals surface area contributed by atoms with E-state index in [1.165, 1.54) is 24.0 Å². The van der Waals surface area contributed by atoms with E-state index >= 15 is 0 Å². The molecule has 1 aromatic carbocycles. The lowest BCUT2D eigenvalue weighted by molar-refractivity contribution is -0.160. The third kappa shape index (κ3) is 2.14. The van der Waals surface area contributed by atoms with Crippen molar-refractivity contribution < 1.29 is 18.0 Å². The van der Waals surface area contributed by atoms with Crippen molar-refractivity contribution in [2.24, 2.45) is 0 Å². The van der Waals surface area contributed by atoms with Gasteiger partial charge >= 0.3 is 6.18 Å². The fourth-order valence-corrected chi connectivity index (χ4v) is 2.23. The van der Waals surface area contributed by atoms with Gasteiger partial charge < -0.3 is 10.6 Å². The molecule has 6 heteroatoms. The van der Waals surface area contributed by atoms with Gasteiger partial charge in [0, 0.05) is 25.7 Å². The highest BCUT2D eigenvalue weighted by molar-refractivity contribution is 5.74. The van der Waals surface area contributed by atoms with Crippen LogP contribution in [0.2, 0.25) is 0 Å². The number of rotatable bonds is 0.